The predicted molar refractivity (Wildman–Crippen MR) is 87.6 cm³/mol. The molecule has 6 heteroatoms. The van der Waals surface area contributed by atoms with Crippen LogP contribution in [0.1, 0.15) is 12.0 Å². The van der Waals surface area contributed by atoms with Crippen molar-refractivity contribution in [2.75, 3.05) is 32.1 Å². The minimum absolute atomic E-state index is 0.00265. The van der Waals surface area contributed by atoms with Gasteiger partial charge >= 0.3 is 0 Å². The van der Waals surface area contributed by atoms with E-state index < -0.39 is 0 Å². The van der Waals surface area contributed by atoms with Gasteiger partial charge in [0.05, 0.1) is 25.0 Å². The van der Waals surface area contributed by atoms with Crippen LogP contribution in [-0.4, -0.2) is 54.1 Å². The molecule has 0 aromatic heterocycles. The zero-order chi connectivity index (χ0) is 15.2. The summed E-state index contributed by atoms with van der Waals surface area (Å²) in [6.45, 7) is 3.84. The number of halogens is 1. The van der Waals surface area contributed by atoms with Crippen LogP contribution in [0.2, 0.25) is 0 Å². The zero-order valence-corrected chi connectivity index (χ0v) is 14.5. The third kappa shape index (κ3) is 4.71. The summed E-state index contributed by atoms with van der Waals surface area (Å²) in [5.74, 6) is 0.536. The molecule has 1 heterocycles. The standard InChI is InChI=1S/C15H20BrNO3S/c1-11-8-12(16)2-3-14(11)21-10-15(19)17-5-7-20-9-13(17)4-6-18/h2-3,8,13,18H,4-7,9-10H2,1H3/t13-/m0/s1. The Labute approximate surface area is 138 Å². The fourth-order valence-corrected chi connectivity index (χ4v) is 3.74. The molecule has 0 bridgehead atoms. The van der Waals surface area contributed by atoms with Crippen LogP contribution in [0, 0.1) is 6.92 Å². The summed E-state index contributed by atoms with van der Waals surface area (Å²) < 4.78 is 6.44. The molecule has 1 atom stereocenters. The molecular formula is C15H20BrNO3S. The highest BCUT2D eigenvalue weighted by Crippen LogP contribution is 2.26. The van der Waals surface area contributed by atoms with Crippen LogP contribution in [0.3, 0.4) is 0 Å². The number of thioether (sulfide) groups is 1. The van der Waals surface area contributed by atoms with Crippen LogP contribution in [0.15, 0.2) is 27.6 Å². The van der Waals surface area contributed by atoms with E-state index in [0.29, 0.717) is 31.9 Å². The fraction of sp³-hybridized carbons (Fsp3) is 0.533. The van der Waals surface area contributed by atoms with E-state index in [9.17, 15) is 4.79 Å². The summed E-state index contributed by atoms with van der Waals surface area (Å²) in [6, 6.07) is 6.07. The third-order valence-corrected chi connectivity index (χ3v) is 5.15. The molecule has 1 aliphatic rings. The van der Waals surface area contributed by atoms with Gasteiger partial charge in [-0.3, -0.25) is 4.79 Å². The molecule has 116 valence electrons. The van der Waals surface area contributed by atoms with Gasteiger partial charge in [-0.05, 0) is 37.1 Å². The topological polar surface area (TPSA) is 49.8 Å². The van der Waals surface area contributed by atoms with Gasteiger partial charge in [0.25, 0.3) is 0 Å². The van der Waals surface area contributed by atoms with Crippen molar-refractivity contribution in [2.24, 2.45) is 0 Å². The number of rotatable bonds is 5. The summed E-state index contributed by atoms with van der Waals surface area (Å²) >= 11 is 5.00. The second-order valence-corrected chi connectivity index (χ2v) is 6.96. The lowest BCUT2D eigenvalue weighted by Gasteiger charge is -2.35. The summed E-state index contributed by atoms with van der Waals surface area (Å²) in [5, 5.41) is 9.09. The lowest BCUT2D eigenvalue weighted by molar-refractivity contribution is -0.137. The fourth-order valence-electron chi connectivity index (χ4n) is 2.37. The van der Waals surface area contributed by atoms with Crippen LogP contribution in [-0.2, 0) is 9.53 Å². The van der Waals surface area contributed by atoms with Crippen molar-refractivity contribution in [3.05, 3.63) is 28.2 Å². The van der Waals surface area contributed by atoms with Crippen LogP contribution < -0.4 is 0 Å². The Bertz CT molecular complexity index is 496. The molecule has 2 rings (SSSR count). The number of aryl methyl sites for hydroxylation is 1. The van der Waals surface area contributed by atoms with E-state index in [4.69, 9.17) is 9.84 Å². The monoisotopic (exact) mass is 373 g/mol. The Hall–Kier alpha value is -0.560. The number of aliphatic hydroxyl groups excluding tert-OH is 1. The lowest BCUT2D eigenvalue weighted by atomic mass is 10.1. The highest BCUT2D eigenvalue weighted by atomic mass is 79.9. The Morgan fingerprint density at radius 1 is 1.57 bits per heavy atom. The SMILES string of the molecule is Cc1cc(Br)ccc1SCC(=O)N1CCOC[C@@H]1CCO. The van der Waals surface area contributed by atoms with E-state index in [1.807, 2.05) is 24.0 Å². The van der Waals surface area contributed by atoms with Gasteiger partial charge in [-0.15, -0.1) is 11.8 Å². The zero-order valence-electron chi connectivity index (χ0n) is 12.0. The number of carbonyl (C=O) groups is 1. The second-order valence-electron chi connectivity index (χ2n) is 5.03. The molecule has 1 N–H and O–H groups in total. The molecule has 0 aliphatic carbocycles. The molecule has 1 aromatic rings. The molecule has 0 spiro atoms. The van der Waals surface area contributed by atoms with Crippen molar-refractivity contribution in [1.82, 2.24) is 4.90 Å². The molecule has 1 amide bonds. The van der Waals surface area contributed by atoms with E-state index in [1.165, 1.54) is 0 Å². The van der Waals surface area contributed by atoms with E-state index in [0.717, 1.165) is 14.9 Å². The largest absolute Gasteiger partial charge is 0.396 e. The number of ether oxygens (including phenoxy) is 1. The van der Waals surface area contributed by atoms with Crippen molar-refractivity contribution >= 4 is 33.6 Å². The summed E-state index contributed by atoms with van der Waals surface area (Å²) in [5.41, 5.74) is 1.16. The maximum absolute atomic E-state index is 12.4. The van der Waals surface area contributed by atoms with Gasteiger partial charge in [0.1, 0.15) is 0 Å². The number of nitrogens with zero attached hydrogens (tertiary/aromatic N) is 1. The van der Waals surface area contributed by atoms with Gasteiger partial charge in [0.2, 0.25) is 5.91 Å². The van der Waals surface area contributed by atoms with Crippen molar-refractivity contribution in [1.29, 1.82) is 0 Å². The van der Waals surface area contributed by atoms with E-state index >= 15 is 0 Å². The lowest BCUT2D eigenvalue weighted by Crippen LogP contribution is -2.49. The molecular weight excluding hydrogens is 354 g/mol. The Morgan fingerprint density at radius 2 is 2.38 bits per heavy atom. The number of hydrogen-bond donors (Lipinski definition) is 1. The molecule has 1 aliphatic heterocycles. The highest BCUT2D eigenvalue weighted by molar-refractivity contribution is 9.10. The van der Waals surface area contributed by atoms with Crippen LogP contribution >= 0.6 is 27.7 Å². The van der Waals surface area contributed by atoms with Gasteiger partial charge in [0.15, 0.2) is 0 Å². The van der Waals surface area contributed by atoms with Crippen LogP contribution in [0.25, 0.3) is 0 Å². The number of hydrogen-bond acceptors (Lipinski definition) is 4. The maximum atomic E-state index is 12.4. The smallest absolute Gasteiger partial charge is 0.233 e. The molecule has 21 heavy (non-hydrogen) atoms. The molecule has 1 fully saturated rings. The molecule has 1 saturated heterocycles. The summed E-state index contributed by atoms with van der Waals surface area (Å²) in [6.07, 6.45) is 0.577. The predicted octanol–water partition coefficient (Wildman–Crippen LogP) is 2.46. The van der Waals surface area contributed by atoms with Crippen LogP contribution in [0.4, 0.5) is 0 Å². The number of carbonyl (C=O) groups excluding carboxylic acids is 1. The van der Waals surface area contributed by atoms with Crippen molar-refractivity contribution in [2.45, 2.75) is 24.3 Å². The van der Waals surface area contributed by atoms with Crippen molar-refractivity contribution in [3.63, 3.8) is 0 Å². The first kappa shape index (κ1) is 16.8. The number of amides is 1. The van der Waals surface area contributed by atoms with E-state index in [2.05, 4.69) is 22.0 Å². The number of benzene rings is 1. The second kappa shape index (κ2) is 8.17. The Morgan fingerprint density at radius 3 is 3.10 bits per heavy atom. The molecule has 4 nitrogen and oxygen atoms in total. The van der Waals surface area contributed by atoms with E-state index in [-0.39, 0.29) is 18.6 Å². The third-order valence-electron chi connectivity index (χ3n) is 3.50. The molecule has 1 aromatic carbocycles. The Kier molecular flexibility index (Phi) is 6.54. The van der Waals surface area contributed by atoms with Crippen molar-refractivity contribution in [3.8, 4) is 0 Å². The molecule has 0 radical (unpaired) electrons. The minimum Gasteiger partial charge on any atom is -0.396 e. The normalized spacial score (nSPS) is 18.8. The highest BCUT2D eigenvalue weighted by Gasteiger charge is 2.26. The quantitative estimate of drug-likeness (QED) is 0.805. The molecule has 0 unspecified atom stereocenters. The van der Waals surface area contributed by atoms with Gasteiger partial charge in [-0.1, -0.05) is 15.9 Å². The average Bonchev–Trinajstić information content (AvgIpc) is 2.47. The maximum Gasteiger partial charge on any atom is 0.233 e. The van der Waals surface area contributed by atoms with Crippen molar-refractivity contribution < 1.29 is 14.6 Å². The van der Waals surface area contributed by atoms with Gasteiger partial charge in [0, 0.05) is 22.5 Å². The van der Waals surface area contributed by atoms with E-state index in [1.54, 1.807) is 11.8 Å². The number of aliphatic hydroxyl groups is 1. The van der Waals surface area contributed by atoms with Gasteiger partial charge in [-0.25, -0.2) is 0 Å². The molecule has 0 saturated carbocycles. The number of morpholine rings is 1. The van der Waals surface area contributed by atoms with Crippen LogP contribution in [0.5, 0.6) is 0 Å². The summed E-state index contributed by atoms with van der Waals surface area (Å²) in [7, 11) is 0. The minimum atomic E-state index is 0.00265. The van der Waals surface area contributed by atoms with Gasteiger partial charge in [-0.2, -0.15) is 0 Å². The first-order valence-corrected chi connectivity index (χ1v) is 8.76. The summed E-state index contributed by atoms with van der Waals surface area (Å²) in [4.78, 5) is 15.4. The Balaban J connectivity index is 1.93. The van der Waals surface area contributed by atoms with Gasteiger partial charge < -0.3 is 14.7 Å². The first-order valence-electron chi connectivity index (χ1n) is 6.99. The first-order chi connectivity index (χ1) is 10.1. The average molecular weight is 374 g/mol.